The highest BCUT2D eigenvalue weighted by Gasteiger charge is 2.26. The van der Waals surface area contributed by atoms with Crippen molar-refractivity contribution in [2.45, 2.75) is 32.8 Å². The second-order valence-electron chi connectivity index (χ2n) is 7.58. The molecule has 0 saturated carbocycles. The molecule has 0 unspecified atom stereocenters. The number of benzene rings is 2. The van der Waals surface area contributed by atoms with Crippen LogP contribution in [0.5, 0.6) is 0 Å². The van der Waals surface area contributed by atoms with Crippen molar-refractivity contribution in [2.24, 2.45) is 11.8 Å². The van der Waals surface area contributed by atoms with Crippen LogP contribution in [0.4, 0.5) is 0 Å². The molecule has 4 heteroatoms. The summed E-state index contributed by atoms with van der Waals surface area (Å²) in [5.41, 5.74) is 2.83. The Balaban J connectivity index is 1.65. The van der Waals surface area contributed by atoms with E-state index < -0.39 is 5.92 Å². The average Bonchev–Trinajstić information content (AvgIpc) is 2.79. The number of hydrogen-bond acceptors (Lipinski definition) is 4. The van der Waals surface area contributed by atoms with E-state index in [9.17, 15) is 9.59 Å². The van der Waals surface area contributed by atoms with Gasteiger partial charge in [0.05, 0.1) is 5.92 Å². The minimum atomic E-state index is -0.505. The quantitative estimate of drug-likeness (QED) is 0.457. The first-order chi connectivity index (χ1) is 14.6. The van der Waals surface area contributed by atoms with Gasteiger partial charge in [0, 0.05) is 24.2 Å². The Labute approximate surface area is 177 Å². The molecule has 154 valence electrons. The van der Waals surface area contributed by atoms with Gasteiger partial charge in [-0.2, -0.15) is 0 Å². The molecule has 0 amide bonds. The van der Waals surface area contributed by atoms with Crippen LogP contribution in [0.15, 0.2) is 85.1 Å². The first kappa shape index (κ1) is 21.4. The Morgan fingerprint density at radius 3 is 2.10 bits per heavy atom. The molecule has 0 bridgehead atoms. The van der Waals surface area contributed by atoms with Crippen molar-refractivity contribution >= 4 is 11.8 Å². The number of ether oxygens (including phenoxy) is 1. The number of esters is 1. The van der Waals surface area contributed by atoms with E-state index in [1.54, 1.807) is 6.20 Å². The number of pyridine rings is 1. The lowest BCUT2D eigenvalue weighted by Gasteiger charge is -2.18. The smallest absolute Gasteiger partial charge is 0.310 e. The van der Waals surface area contributed by atoms with Gasteiger partial charge in [-0.1, -0.05) is 73.7 Å². The highest BCUT2D eigenvalue weighted by Crippen LogP contribution is 2.19. The van der Waals surface area contributed by atoms with Crippen LogP contribution in [-0.2, 0) is 33.8 Å². The molecule has 0 N–H and O–H groups in total. The van der Waals surface area contributed by atoms with Gasteiger partial charge in [-0.15, -0.1) is 0 Å². The topological polar surface area (TPSA) is 56.3 Å². The molecule has 2 aromatic carbocycles. The van der Waals surface area contributed by atoms with Crippen molar-refractivity contribution < 1.29 is 14.3 Å². The Morgan fingerprint density at radius 1 is 0.833 bits per heavy atom. The predicted octanol–water partition coefficient (Wildman–Crippen LogP) is 4.82. The van der Waals surface area contributed by atoms with Crippen molar-refractivity contribution in [2.75, 3.05) is 0 Å². The lowest BCUT2D eigenvalue weighted by atomic mass is 9.88. The fourth-order valence-electron chi connectivity index (χ4n) is 3.37. The molecule has 0 aliphatic rings. The van der Waals surface area contributed by atoms with Crippen LogP contribution in [0.3, 0.4) is 0 Å². The summed E-state index contributed by atoms with van der Waals surface area (Å²) in [6.07, 6.45) is 2.94. The first-order valence-corrected chi connectivity index (χ1v) is 10.3. The Morgan fingerprint density at radius 2 is 1.47 bits per heavy atom. The predicted molar refractivity (Wildman–Crippen MR) is 117 cm³/mol. The largest absolute Gasteiger partial charge is 0.461 e. The van der Waals surface area contributed by atoms with Gasteiger partial charge in [0.25, 0.3) is 0 Å². The van der Waals surface area contributed by atoms with Crippen molar-refractivity contribution in [3.05, 3.63) is 102 Å². The van der Waals surface area contributed by atoms with Crippen LogP contribution in [0.2, 0.25) is 0 Å². The Bertz CT molecular complexity index is 926. The summed E-state index contributed by atoms with van der Waals surface area (Å²) in [7, 11) is 0. The number of Topliss-reactive ketones (excluding diaryl/α,β-unsaturated/α-hetero) is 1. The Hall–Kier alpha value is -3.27. The molecule has 0 spiro atoms. The third-order valence-electron chi connectivity index (χ3n) is 5.12. The number of nitrogens with zero attached hydrogens (tertiary/aromatic N) is 1. The second kappa shape index (κ2) is 11.1. The van der Waals surface area contributed by atoms with E-state index in [0.717, 1.165) is 16.8 Å². The third kappa shape index (κ3) is 6.66. The number of rotatable bonds is 10. The summed E-state index contributed by atoms with van der Waals surface area (Å²) in [6.45, 7) is 2.11. The maximum absolute atomic E-state index is 12.9. The van der Waals surface area contributed by atoms with Crippen LogP contribution in [0.25, 0.3) is 0 Å². The molecule has 0 aliphatic heterocycles. The number of ketones is 1. The van der Waals surface area contributed by atoms with Gasteiger partial charge in [-0.3, -0.25) is 14.6 Å². The third-order valence-corrected chi connectivity index (χ3v) is 5.12. The fourth-order valence-corrected chi connectivity index (χ4v) is 3.37. The van der Waals surface area contributed by atoms with E-state index in [0.29, 0.717) is 12.8 Å². The van der Waals surface area contributed by atoms with Gasteiger partial charge >= 0.3 is 5.97 Å². The molecule has 3 aromatic rings. The van der Waals surface area contributed by atoms with Crippen molar-refractivity contribution in [1.29, 1.82) is 0 Å². The maximum Gasteiger partial charge on any atom is 0.310 e. The van der Waals surface area contributed by atoms with Crippen molar-refractivity contribution in [3.8, 4) is 0 Å². The van der Waals surface area contributed by atoms with Crippen LogP contribution in [0, 0.1) is 11.8 Å². The zero-order chi connectivity index (χ0) is 21.2. The SMILES string of the molecule is C[C@@H](Cc1ccccn1)C(=O)C[C@@H](Cc1ccccc1)C(=O)OCc1ccccc1. The van der Waals surface area contributed by atoms with Gasteiger partial charge in [-0.25, -0.2) is 0 Å². The highest BCUT2D eigenvalue weighted by molar-refractivity contribution is 5.86. The molecule has 2 atom stereocenters. The van der Waals surface area contributed by atoms with Crippen LogP contribution in [0.1, 0.15) is 30.2 Å². The van der Waals surface area contributed by atoms with E-state index >= 15 is 0 Å². The molecular weight excluding hydrogens is 374 g/mol. The molecule has 0 radical (unpaired) electrons. The number of carbonyl (C=O) groups excluding carboxylic acids is 2. The molecule has 0 aliphatic carbocycles. The monoisotopic (exact) mass is 401 g/mol. The van der Waals surface area contributed by atoms with Gasteiger partial charge in [0.2, 0.25) is 0 Å². The summed E-state index contributed by atoms with van der Waals surface area (Å²) < 4.78 is 5.56. The number of aromatic nitrogens is 1. The summed E-state index contributed by atoms with van der Waals surface area (Å²) >= 11 is 0. The molecule has 3 rings (SSSR count). The first-order valence-electron chi connectivity index (χ1n) is 10.3. The second-order valence-corrected chi connectivity index (χ2v) is 7.58. The zero-order valence-corrected chi connectivity index (χ0v) is 17.2. The lowest BCUT2D eigenvalue weighted by Crippen LogP contribution is -2.26. The summed E-state index contributed by atoms with van der Waals surface area (Å²) in [5, 5.41) is 0. The average molecular weight is 402 g/mol. The van der Waals surface area contributed by atoms with E-state index in [2.05, 4.69) is 4.98 Å². The van der Waals surface area contributed by atoms with Crippen LogP contribution in [-0.4, -0.2) is 16.7 Å². The number of carbonyl (C=O) groups is 2. The van der Waals surface area contributed by atoms with E-state index in [1.165, 1.54) is 0 Å². The molecule has 0 saturated heterocycles. The van der Waals surface area contributed by atoms with Crippen molar-refractivity contribution in [1.82, 2.24) is 4.98 Å². The molecule has 30 heavy (non-hydrogen) atoms. The van der Waals surface area contributed by atoms with E-state index in [4.69, 9.17) is 4.74 Å². The van der Waals surface area contributed by atoms with E-state index in [-0.39, 0.29) is 30.7 Å². The minimum Gasteiger partial charge on any atom is -0.461 e. The molecular formula is C26H27NO3. The van der Waals surface area contributed by atoms with Gasteiger partial charge in [0.15, 0.2) is 0 Å². The zero-order valence-electron chi connectivity index (χ0n) is 17.2. The standard InChI is InChI=1S/C26H27NO3/c1-20(16-24-14-8-9-15-27-24)25(28)18-23(17-21-10-4-2-5-11-21)26(29)30-19-22-12-6-3-7-13-22/h2-15,20,23H,16-19H2,1H3/t20-,23+/m0/s1. The van der Waals surface area contributed by atoms with Gasteiger partial charge in [-0.05, 0) is 36.1 Å². The summed E-state index contributed by atoms with van der Waals surface area (Å²) in [5.74, 6) is -0.991. The normalized spacial score (nSPS) is 12.7. The van der Waals surface area contributed by atoms with Gasteiger partial charge in [0.1, 0.15) is 12.4 Å². The molecule has 1 heterocycles. The maximum atomic E-state index is 12.9. The van der Waals surface area contributed by atoms with E-state index in [1.807, 2.05) is 85.8 Å². The number of hydrogen-bond donors (Lipinski definition) is 0. The molecule has 1 aromatic heterocycles. The Kier molecular flexibility index (Phi) is 7.90. The molecule has 4 nitrogen and oxygen atoms in total. The van der Waals surface area contributed by atoms with Gasteiger partial charge < -0.3 is 4.74 Å². The summed E-state index contributed by atoms with van der Waals surface area (Å²) in [6, 6.07) is 25.0. The lowest BCUT2D eigenvalue weighted by molar-refractivity contribution is -0.151. The highest BCUT2D eigenvalue weighted by atomic mass is 16.5. The van der Waals surface area contributed by atoms with Crippen molar-refractivity contribution in [3.63, 3.8) is 0 Å². The minimum absolute atomic E-state index is 0.0539. The molecule has 0 fully saturated rings. The fraction of sp³-hybridized carbons (Fsp3) is 0.269. The van der Waals surface area contributed by atoms with Crippen LogP contribution >= 0.6 is 0 Å². The van der Waals surface area contributed by atoms with Crippen LogP contribution < -0.4 is 0 Å². The summed E-state index contributed by atoms with van der Waals surface area (Å²) in [4.78, 5) is 30.0.